The normalized spacial score (nSPS) is 20.7. The summed E-state index contributed by atoms with van der Waals surface area (Å²) in [5, 5.41) is 0. The summed E-state index contributed by atoms with van der Waals surface area (Å²) in [5.74, 6) is 1.01. The first-order valence-corrected chi connectivity index (χ1v) is 5.75. The van der Waals surface area contributed by atoms with Crippen LogP contribution in [0.2, 0.25) is 0 Å². The number of carbonyl (C=O) groups excluding carboxylic acids is 1. The summed E-state index contributed by atoms with van der Waals surface area (Å²) in [4.78, 5) is 11.2. The number of Topliss-reactive ketones (excluding diaryl/α,β-unsaturated/α-hetero) is 1. The molecule has 0 unspecified atom stereocenters. The van der Waals surface area contributed by atoms with E-state index in [0.29, 0.717) is 11.7 Å². The maximum atomic E-state index is 11.2. The van der Waals surface area contributed by atoms with Gasteiger partial charge in [0.2, 0.25) is 0 Å². The summed E-state index contributed by atoms with van der Waals surface area (Å²) in [6.07, 6.45) is 14.1. The Morgan fingerprint density at radius 1 is 1.20 bits per heavy atom. The van der Waals surface area contributed by atoms with Crippen molar-refractivity contribution in [2.45, 2.75) is 39.5 Å². The summed E-state index contributed by atoms with van der Waals surface area (Å²) in [6.45, 7) is 4.06. The first-order chi connectivity index (χ1) is 7.27. The fourth-order valence-electron chi connectivity index (χ4n) is 2.00. The van der Waals surface area contributed by atoms with Crippen LogP contribution in [0, 0.1) is 5.92 Å². The largest absolute Gasteiger partial charge is 0.300 e. The van der Waals surface area contributed by atoms with Crippen LogP contribution in [0.1, 0.15) is 39.5 Å². The third-order valence-corrected chi connectivity index (χ3v) is 2.85. The summed E-state index contributed by atoms with van der Waals surface area (Å²) in [7, 11) is 0. The van der Waals surface area contributed by atoms with Crippen LogP contribution in [0.25, 0.3) is 0 Å². The van der Waals surface area contributed by atoms with Gasteiger partial charge in [-0.25, -0.2) is 0 Å². The molecule has 1 aliphatic rings. The Morgan fingerprint density at radius 3 is 2.40 bits per heavy atom. The van der Waals surface area contributed by atoms with E-state index in [1.54, 1.807) is 0 Å². The van der Waals surface area contributed by atoms with Crippen molar-refractivity contribution in [1.82, 2.24) is 0 Å². The van der Waals surface area contributed by atoms with Gasteiger partial charge in [-0.05, 0) is 38.2 Å². The Hall–Kier alpha value is -1.11. The zero-order valence-electron chi connectivity index (χ0n) is 9.70. The van der Waals surface area contributed by atoms with Gasteiger partial charge in [0.1, 0.15) is 5.78 Å². The second-order valence-electron chi connectivity index (χ2n) is 4.01. The van der Waals surface area contributed by atoms with Crippen LogP contribution < -0.4 is 0 Å². The lowest BCUT2D eigenvalue weighted by Crippen LogP contribution is -2.14. The lowest BCUT2D eigenvalue weighted by Gasteiger charge is -2.21. The number of hydrogen-bond donors (Lipinski definition) is 0. The smallest absolute Gasteiger partial charge is 0.132 e. The summed E-state index contributed by atoms with van der Waals surface area (Å²) in [5.41, 5.74) is 1.36. The summed E-state index contributed by atoms with van der Waals surface area (Å²) in [6, 6.07) is 0. The van der Waals surface area contributed by atoms with Crippen molar-refractivity contribution in [1.29, 1.82) is 0 Å². The summed E-state index contributed by atoms with van der Waals surface area (Å²) >= 11 is 0. The first kappa shape index (κ1) is 12.0. The minimum Gasteiger partial charge on any atom is -0.300 e. The third-order valence-electron chi connectivity index (χ3n) is 2.85. The van der Waals surface area contributed by atoms with Crippen LogP contribution in [0.15, 0.2) is 36.0 Å². The maximum absolute atomic E-state index is 11.2. The molecule has 1 nitrogen and oxygen atoms in total. The highest BCUT2D eigenvalue weighted by Crippen LogP contribution is 2.28. The van der Waals surface area contributed by atoms with Gasteiger partial charge in [-0.3, -0.25) is 4.79 Å². The van der Waals surface area contributed by atoms with Crippen molar-refractivity contribution in [3.05, 3.63) is 36.0 Å². The number of hydrogen-bond acceptors (Lipinski definition) is 1. The molecular formula is C14H20O. The lowest BCUT2D eigenvalue weighted by atomic mass is 9.83. The number of carbonyl (C=O) groups is 1. The molecule has 0 N–H and O–H groups in total. The number of ketones is 1. The molecule has 0 atom stereocenters. The van der Waals surface area contributed by atoms with E-state index in [0.717, 1.165) is 25.7 Å². The predicted octanol–water partition coefficient (Wildman–Crippen LogP) is 3.82. The standard InChI is InChI=1S/C14H20O/c1-3-5-7-12(6-4-2)13-8-10-14(15)11-9-13/h3-7,13H,8-11H2,1-2H3/b5-3-,6-4-,12-7+. The van der Waals surface area contributed by atoms with Gasteiger partial charge in [-0.2, -0.15) is 0 Å². The zero-order valence-corrected chi connectivity index (χ0v) is 9.70. The molecular weight excluding hydrogens is 184 g/mol. The SMILES string of the molecule is C\C=C/C=C(\C=C/C)C1CCC(=O)CC1. The highest BCUT2D eigenvalue weighted by atomic mass is 16.1. The highest BCUT2D eigenvalue weighted by Gasteiger charge is 2.20. The topological polar surface area (TPSA) is 17.1 Å². The van der Waals surface area contributed by atoms with Gasteiger partial charge < -0.3 is 0 Å². The second kappa shape index (κ2) is 6.39. The van der Waals surface area contributed by atoms with Crippen LogP contribution in [0.4, 0.5) is 0 Å². The molecule has 0 amide bonds. The average molecular weight is 204 g/mol. The monoisotopic (exact) mass is 204 g/mol. The van der Waals surface area contributed by atoms with Crippen molar-refractivity contribution < 1.29 is 4.79 Å². The van der Waals surface area contributed by atoms with Gasteiger partial charge in [0.05, 0.1) is 0 Å². The molecule has 0 spiro atoms. The fourth-order valence-corrected chi connectivity index (χ4v) is 2.00. The van der Waals surface area contributed by atoms with Crippen molar-refractivity contribution >= 4 is 5.78 Å². The molecule has 1 saturated carbocycles. The van der Waals surface area contributed by atoms with E-state index in [4.69, 9.17) is 0 Å². The number of allylic oxidation sites excluding steroid dienone is 6. The Balaban J connectivity index is 2.68. The van der Waals surface area contributed by atoms with E-state index in [9.17, 15) is 4.79 Å². The average Bonchev–Trinajstić information content (AvgIpc) is 2.25. The molecule has 0 radical (unpaired) electrons. The van der Waals surface area contributed by atoms with Gasteiger partial charge in [0, 0.05) is 12.8 Å². The number of rotatable bonds is 3. The van der Waals surface area contributed by atoms with Crippen molar-refractivity contribution in [2.75, 3.05) is 0 Å². The Bertz CT molecular complexity index is 284. The Labute approximate surface area is 92.6 Å². The van der Waals surface area contributed by atoms with E-state index in [2.05, 4.69) is 24.3 Å². The highest BCUT2D eigenvalue weighted by molar-refractivity contribution is 5.79. The van der Waals surface area contributed by atoms with E-state index < -0.39 is 0 Å². The molecule has 1 fully saturated rings. The van der Waals surface area contributed by atoms with Crippen LogP contribution in [-0.2, 0) is 4.79 Å². The van der Waals surface area contributed by atoms with Crippen LogP contribution in [0.3, 0.4) is 0 Å². The maximum Gasteiger partial charge on any atom is 0.132 e. The van der Waals surface area contributed by atoms with Crippen LogP contribution in [-0.4, -0.2) is 5.78 Å². The molecule has 0 aliphatic heterocycles. The second-order valence-corrected chi connectivity index (χ2v) is 4.01. The van der Waals surface area contributed by atoms with Crippen molar-refractivity contribution in [2.24, 2.45) is 5.92 Å². The van der Waals surface area contributed by atoms with Gasteiger partial charge in [0.25, 0.3) is 0 Å². The molecule has 1 heteroatoms. The van der Waals surface area contributed by atoms with Gasteiger partial charge >= 0.3 is 0 Å². The lowest BCUT2D eigenvalue weighted by molar-refractivity contribution is -0.120. The first-order valence-electron chi connectivity index (χ1n) is 5.75. The van der Waals surface area contributed by atoms with E-state index in [-0.39, 0.29) is 0 Å². The molecule has 15 heavy (non-hydrogen) atoms. The molecule has 0 saturated heterocycles. The quantitative estimate of drug-likeness (QED) is 0.639. The molecule has 0 aromatic carbocycles. The minimum absolute atomic E-state index is 0.428. The molecule has 1 aliphatic carbocycles. The van der Waals surface area contributed by atoms with Gasteiger partial charge in [-0.1, -0.05) is 30.4 Å². The molecule has 0 aromatic rings. The predicted molar refractivity (Wildman–Crippen MR) is 64.7 cm³/mol. The Kier molecular flexibility index (Phi) is 5.09. The minimum atomic E-state index is 0.428. The molecule has 1 rings (SSSR count). The molecule has 0 bridgehead atoms. The fraction of sp³-hybridized carbons (Fsp3) is 0.500. The molecule has 0 heterocycles. The van der Waals surface area contributed by atoms with Crippen molar-refractivity contribution in [3.63, 3.8) is 0 Å². The summed E-state index contributed by atoms with van der Waals surface area (Å²) < 4.78 is 0. The van der Waals surface area contributed by atoms with Crippen LogP contribution in [0.5, 0.6) is 0 Å². The van der Waals surface area contributed by atoms with E-state index >= 15 is 0 Å². The van der Waals surface area contributed by atoms with Gasteiger partial charge in [-0.15, -0.1) is 0 Å². The third kappa shape index (κ3) is 3.86. The molecule has 82 valence electrons. The van der Waals surface area contributed by atoms with Crippen LogP contribution >= 0.6 is 0 Å². The van der Waals surface area contributed by atoms with E-state index in [1.165, 1.54) is 5.57 Å². The molecule has 0 aromatic heterocycles. The van der Waals surface area contributed by atoms with Gasteiger partial charge in [0.15, 0.2) is 0 Å². The zero-order chi connectivity index (χ0) is 11.1. The van der Waals surface area contributed by atoms with Crippen molar-refractivity contribution in [3.8, 4) is 0 Å². The van der Waals surface area contributed by atoms with E-state index in [1.807, 2.05) is 19.9 Å². The Morgan fingerprint density at radius 2 is 1.87 bits per heavy atom.